The molecule has 1 aromatic carbocycles. The summed E-state index contributed by atoms with van der Waals surface area (Å²) >= 11 is 0. The van der Waals surface area contributed by atoms with Crippen molar-refractivity contribution in [3.8, 4) is 11.7 Å². The number of carbonyl (C=O) groups excluding carboxylic acids is 1. The summed E-state index contributed by atoms with van der Waals surface area (Å²) in [5, 5.41) is 0. The van der Waals surface area contributed by atoms with Crippen molar-refractivity contribution < 1.29 is 22.7 Å². The molecule has 25 heavy (non-hydrogen) atoms. The van der Waals surface area contributed by atoms with Gasteiger partial charge in [0.05, 0.1) is 0 Å². The van der Waals surface area contributed by atoms with Crippen LogP contribution in [0.2, 0.25) is 0 Å². The molecule has 3 aliphatic heterocycles. The second-order valence-corrected chi connectivity index (χ2v) is 6.48. The van der Waals surface area contributed by atoms with Crippen LogP contribution in [0.1, 0.15) is 35.1 Å². The molecule has 3 aliphatic rings. The summed E-state index contributed by atoms with van der Waals surface area (Å²) in [5.41, 5.74) is 5.78. The highest BCUT2D eigenvalue weighted by atomic mass is 19.2. The monoisotopic (exact) mass is 349 g/mol. The number of rotatable bonds is 4. The van der Waals surface area contributed by atoms with Crippen LogP contribution >= 0.6 is 0 Å². The first-order chi connectivity index (χ1) is 12.0. The molecule has 5 rings (SSSR count). The number of primary amides is 1. The van der Waals surface area contributed by atoms with Gasteiger partial charge in [-0.15, -0.1) is 0 Å². The van der Waals surface area contributed by atoms with Gasteiger partial charge in [-0.1, -0.05) is 0 Å². The van der Waals surface area contributed by atoms with Crippen molar-refractivity contribution in [3.63, 3.8) is 0 Å². The van der Waals surface area contributed by atoms with Crippen molar-refractivity contribution in [1.29, 1.82) is 0 Å². The lowest BCUT2D eigenvalue weighted by atomic mass is 9.77. The number of fused-ring (bicyclic) bond motifs is 3. The summed E-state index contributed by atoms with van der Waals surface area (Å²) in [6, 6.07) is 3.16. The van der Waals surface area contributed by atoms with Crippen LogP contribution in [0.4, 0.5) is 8.78 Å². The zero-order valence-electron chi connectivity index (χ0n) is 13.4. The van der Waals surface area contributed by atoms with Crippen LogP contribution in [-0.4, -0.2) is 35.4 Å². The molecule has 4 heterocycles. The third-order valence-corrected chi connectivity index (χ3v) is 4.94. The Morgan fingerprint density at radius 2 is 2.04 bits per heavy atom. The van der Waals surface area contributed by atoms with Crippen molar-refractivity contribution >= 4 is 5.91 Å². The number of halogens is 2. The van der Waals surface area contributed by atoms with Crippen molar-refractivity contribution in [3.05, 3.63) is 41.4 Å². The number of hydrogen-bond acceptors (Lipinski definition) is 5. The average molecular weight is 349 g/mol. The molecule has 132 valence electrons. The van der Waals surface area contributed by atoms with Crippen LogP contribution in [0, 0.1) is 17.6 Å². The van der Waals surface area contributed by atoms with Gasteiger partial charge in [-0.05, 0) is 44.0 Å². The number of ether oxygens (including phenoxy) is 1. The number of nitrogens with zero attached hydrogens (tertiary/aromatic N) is 2. The first-order valence-corrected chi connectivity index (χ1v) is 8.17. The molecule has 1 aromatic heterocycles. The second-order valence-electron chi connectivity index (χ2n) is 6.48. The molecule has 2 N–H and O–H groups in total. The molecule has 0 radical (unpaired) electrons. The quantitative estimate of drug-likeness (QED) is 0.918. The first-order valence-electron chi connectivity index (χ1n) is 8.17. The third kappa shape index (κ3) is 2.97. The summed E-state index contributed by atoms with van der Waals surface area (Å²) in [4.78, 5) is 18.0. The van der Waals surface area contributed by atoms with Gasteiger partial charge in [0.2, 0.25) is 0 Å². The van der Waals surface area contributed by atoms with E-state index in [4.69, 9.17) is 14.9 Å². The minimum Gasteiger partial charge on any atom is -0.425 e. The van der Waals surface area contributed by atoms with Gasteiger partial charge in [-0.25, -0.2) is 13.8 Å². The molecule has 1 amide bonds. The highest BCUT2D eigenvalue weighted by Crippen LogP contribution is 2.43. The predicted molar refractivity (Wildman–Crippen MR) is 83.4 cm³/mol. The lowest BCUT2D eigenvalue weighted by molar-refractivity contribution is 0.0840. The Balaban J connectivity index is 1.68. The number of nitrogens with two attached hydrogens (primary N) is 1. The van der Waals surface area contributed by atoms with E-state index in [1.165, 1.54) is 6.07 Å². The van der Waals surface area contributed by atoms with E-state index in [9.17, 15) is 13.6 Å². The van der Waals surface area contributed by atoms with E-state index >= 15 is 0 Å². The summed E-state index contributed by atoms with van der Waals surface area (Å²) < 4.78 is 37.4. The second kappa shape index (κ2) is 6.11. The zero-order valence-corrected chi connectivity index (χ0v) is 13.4. The van der Waals surface area contributed by atoms with Gasteiger partial charge in [0.25, 0.3) is 5.89 Å². The molecule has 6 nitrogen and oxygen atoms in total. The average Bonchev–Trinajstić information content (AvgIpc) is 3.03. The maximum absolute atomic E-state index is 13.4. The van der Waals surface area contributed by atoms with Gasteiger partial charge in [-0.2, -0.15) is 0 Å². The fraction of sp³-hybridized carbons (Fsp3) is 0.412. The molecule has 3 saturated heterocycles. The predicted octanol–water partition coefficient (Wildman–Crippen LogP) is 2.65. The Bertz CT molecular complexity index is 815. The molecule has 2 bridgehead atoms. The smallest absolute Gasteiger partial charge is 0.314 e. The number of aromatic nitrogens is 1. The number of carbonyl (C=O) groups is 1. The lowest BCUT2D eigenvalue weighted by Gasteiger charge is -2.44. The largest absolute Gasteiger partial charge is 0.425 e. The lowest BCUT2D eigenvalue weighted by Crippen LogP contribution is -2.46. The topological polar surface area (TPSA) is 81.6 Å². The molecular weight excluding hydrogens is 332 g/mol. The molecule has 0 unspecified atom stereocenters. The SMILES string of the molecule is NC(=O)c1nc([C@H]2CN3CCC2CC3)c(Oc2ccc(F)c(F)c2)o1. The Morgan fingerprint density at radius 3 is 2.64 bits per heavy atom. The van der Waals surface area contributed by atoms with Crippen molar-refractivity contribution in [1.82, 2.24) is 9.88 Å². The Labute approximate surface area is 142 Å². The zero-order chi connectivity index (χ0) is 17.6. The fourth-order valence-corrected chi connectivity index (χ4v) is 3.65. The summed E-state index contributed by atoms with van der Waals surface area (Å²) in [7, 11) is 0. The van der Waals surface area contributed by atoms with Gasteiger partial charge >= 0.3 is 11.9 Å². The fourth-order valence-electron chi connectivity index (χ4n) is 3.65. The maximum atomic E-state index is 13.4. The molecule has 0 spiro atoms. The number of hydrogen-bond donors (Lipinski definition) is 1. The van der Waals surface area contributed by atoms with Gasteiger partial charge < -0.3 is 19.8 Å². The van der Waals surface area contributed by atoms with Crippen molar-refractivity contribution in [2.24, 2.45) is 11.7 Å². The molecule has 0 aliphatic carbocycles. The Morgan fingerprint density at radius 1 is 1.28 bits per heavy atom. The van der Waals surface area contributed by atoms with E-state index in [-0.39, 0.29) is 23.5 Å². The molecule has 2 aromatic rings. The summed E-state index contributed by atoms with van der Waals surface area (Å²) in [6.45, 7) is 2.88. The maximum Gasteiger partial charge on any atom is 0.314 e. The Hall–Kier alpha value is -2.48. The highest BCUT2D eigenvalue weighted by molar-refractivity contribution is 5.88. The normalized spacial score (nSPS) is 25.1. The van der Waals surface area contributed by atoms with Crippen LogP contribution in [0.25, 0.3) is 0 Å². The van der Waals surface area contributed by atoms with E-state index < -0.39 is 17.5 Å². The first kappa shape index (κ1) is 16.0. The van der Waals surface area contributed by atoms with Crippen molar-refractivity contribution in [2.45, 2.75) is 18.8 Å². The van der Waals surface area contributed by atoms with E-state index in [1.54, 1.807) is 0 Å². The van der Waals surface area contributed by atoms with E-state index in [2.05, 4.69) is 9.88 Å². The Kier molecular flexibility index (Phi) is 3.91. The van der Waals surface area contributed by atoms with Gasteiger partial charge in [0.15, 0.2) is 11.6 Å². The number of amides is 1. The number of piperidine rings is 3. The van der Waals surface area contributed by atoms with Gasteiger partial charge in [0.1, 0.15) is 11.4 Å². The van der Waals surface area contributed by atoms with Crippen molar-refractivity contribution in [2.75, 3.05) is 19.6 Å². The number of benzene rings is 1. The standard InChI is InChI=1S/C17H17F2N3O3/c18-12-2-1-10(7-13(12)19)24-17-14(21-16(25-17)15(20)23)11-8-22-5-3-9(11)4-6-22/h1-2,7,9,11H,3-6,8H2,(H2,20,23)/t11-/m0/s1. The van der Waals surface area contributed by atoms with E-state index in [0.717, 1.165) is 44.6 Å². The highest BCUT2D eigenvalue weighted by Gasteiger charge is 2.39. The van der Waals surface area contributed by atoms with Crippen LogP contribution in [0.15, 0.2) is 22.6 Å². The van der Waals surface area contributed by atoms with Gasteiger partial charge in [0, 0.05) is 18.5 Å². The molecule has 3 fully saturated rings. The van der Waals surface area contributed by atoms with Crippen LogP contribution < -0.4 is 10.5 Å². The third-order valence-electron chi connectivity index (χ3n) is 4.94. The number of oxazole rings is 1. The molecule has 1 atom stereocenters. The van der Waals surface area contributed by atoms with Crippen LogP contribution in [0.3, 0.4) is 0 Å². The molecular formula is C17H17F2N3O3. The van der Waals surface area contributed by atoms with Gasteiger partial charge in [-0.3, -0.25) is 4.79 Å². The van der Waals surface area contributed by atoms with E-state index in [0.29, 0.717) is 11.6 Å². The molecule has 8 heteroatoms. The van der Waals surface area contributed by atoms with Crippen LogP contribution in [0.5, 0.6) is 11.7 Å². The van der Waals surface area contributed by atoms with Crippen LogP contribution in [-0.2, 0) is 0 Å². The molecule has 0 saturated carbocycles. The minimum absolute atomic E-state index is 0.0126. The summed E-state index contributed by atoms with van der Waals surface area (Å²) in [6.07, 6.45) is 2.07. The summed E-state index contributed by atoms with van der Waals surface area (Å²) in [5.74, 6) is -2.50. The minimum atomic E-state index is -1.03. The van der Waals surface area contributed by atoms with E-state index in [1.807, 2.05) is 0 Å².